The number of nitrogens with zero attached hydrogens (tertiary/aromatic N) is 1. The maximum absolute atomic E-state index is 12.2. The van der Waals surface area contributed by atoms with Gasteiger partial charge >= 0.3 is 0 Å². The van der Waals surface area contributed by atoms with Crippen LogP contribution >= 0.6 is 11.6 Å². The number of sulfonamides is 1. The van der Waals surface area contributed by atoms with Crippen LogP contribution in [0, 0.1) is 6.92 Å². The fraction of sp³-hybridized carbons (Fsp3) is 0.133. The number of hydrogen-bond acceptors (Lipinski definition) is 3. The summed E-state index contributed by atoms with van der Waals surface area (Å²) in [6.07, 6.45) is 0. The number of hydrogen-bond donors (Lipinski definition) is 0. The first-order chi connectivity index (χ1) is 9.94. The van der Waals surface area contributed by atoms with E-state index in [1.807, 2.05) is 6.92 Å². The molecule has 0 saturated heterocycles. The van der Waals surface area contributed by atoms with Gasteiger partial charge < -0.3 is 4.74 Å². The standard InChI is InChI=1S/C15H14ClNO3S/c1-11-7-9-12(10-8-11)21(18,19)17-15(16)13-5-3-4-6-14(13)20-2/h3-10H,1-2H3/b17-15+. The molecule has 0 spiro atoms. The second-order valence-electron chi connectivity index (χ2n) is 4.37. The van der Waals surface area contributed by atoms with Gasteiger partial charge in [-0.2, -0.15) is 8.42 Å². The third kappa shape index (κ3) is 3.62. The molecule has 0 N–H and O–H groups in total. The first-order valence-corrected chi connectivity index (χ1v) is 7.96. The van der Waals surface area contributed by atoms with Crippen molar-refractivity contribution in [1.82, 2.24) is 0 Å². The Labute approximate surface area is 129 Å². The van der Waals surface area contributed by atoms with E-state index < -0.39 is 10.0 Å². The van der Waals surface area contributed by atoms with Crippen molar-refractivity contribution in [2.45, 2.75) is 11.8 Å². The lowest BCUT2D eigenvalue weighted by atomic mass is 10.2. The molecule has 2 aromatic rings. The summed E-state index contributed by atoms with van der Waals surface area (Å²) in [5, 5.41) is -0.131. The van der Waals surface area contributed by atoms with Crippen molar-refractivity contribution in [3.63, 3.8) is 0 Å². The SMILES string of the molecule is COc1ccccc1/C(Cl)=N\S(=O)(=O)c1ccc(C)cc1. The van der Waals surface area contributed by atoms with Crippen LogP contribution in [0.5, 0.6) is 5.75 Å². The van der Waals surface area contributed by atoms with Crippen LogP contribution in [-0.2, 0) is 10.0 Å². The second kappa shape index (κ2) is 6.28. The average molecular weight is 324 g/mol. The highest BCUT2D eigenvalue weighted by Gasteiger charge is 2.16. The summed E-state index contributed by atoms with van der Waals surface area (Å²) in [4.78, 5) is 0.0983. The van der Waals surface area contributed by atoms with E-state index in [9.17, 15) is 8.42 Å². The summed E-state index contributed by atoms with van der Waals surface area (Å²) in [5.74, 6) is 0.463. The van der Waals surface area contributed by atoms with E-state index in [-0.39, 0.29) is 10.1 Å². The Morgan fingerprint density at radius 3 is 2.33 bits per heavy atom. The van der Waals surface area contributed by atoms with Gasteiger partial charge in [-0.05, 0) is 31.2 Å². The Morgan fingerprint density at radius 2 is 1.71 bits per heavy atom. The number of rotatable bonds is 4. The minimum atomic E-state index is -3.85. The summed E-state index contributed by atoms with van der Waals surface area (Å²) >= 11 is 6.05. The van der Waals surface area contributed by atoms with E-state index in [1.165, 1.54) is 19.2 Å². The van der Waals surface area contributed by atoms with Gasteiger partial charge in [-0.15, -0.1) is 4.40 Å². The van der Waals surface area contributed by atoms with E-state index in [1.54, 1.807) is 36.4 Å². The van der Waals surface area contributed by atoms with Crippen molar-refractivity contribution >= 4 is 26.8 Å². The third-order valence-corrected chi connectivity index (χ3v) is 4.53. The summed E-state index contributed by atoms with van der Waals surface area (Å²) < 4.78 is 33.2. The molecule has 0 aliphatic rings. The van der Waals surface area contributed by atoms with Gasteiger partial charge in [0.2, 0.25) is 0 Å². The van der Waals surface area contributed by atoms with Crippen molar-refractivity contribution < 1.29 is 13.2 Å². The van der Waals surface area contributed by atoms with Crippen LogP contribution in [0.3, 0.4) is 0 Å². The molecular weight excluding hydrogens is 310 g/mol. The molecule has 0 saturated carbocycles. The Hall–Kier alpha value is -1.85. The van der Waals surface area contributed by atoms with Gasteiger partial charge in [0.1, 0.15) is 5.75 Å². The molecule has 21 heavy (non-hydrogen) atoms. The summed E-state index contributed by atoms with van der Waals surface area (Å²) in [6, 6.07) is 13.2. The minimum Gasteiger partial charge on any atom is -0.496 e. The highest BCUT2D eigenvalue weighted by atomic mass is 35.5. The van der Waals surface area contributed by atoms with Gasteiger partial charge in [0.25, 0.3) is 10.0 Å². The van der Waals surface area contributed by atoms with Crippen molar-refractivity contribution in [2.24, 2.45) is 4.40 Å². The molecule has 0 bridgehead atoms. The molecule has 2 rings (SSSR count). The van der Waals surface area contributed by atoms with E-state index in [2.05, 4.69) is 4.40 Å². The van der Waals surface area contributed by atoms with E-state index >= 15 is 0 Å². The molecule has 0 atom stereocenters. The lowest BCUT2D eigenvalue weighted by molar-refractivity contribution is 0.414. The summed E-state index contributed by atoms with van der Waals surface area (Å²) in [6.45, 7) is 1.88. The normalized spacial score (nSPS) is 12.2. The zero-order valence-corrected chi connectivity index (χ0v) is 13.1. The van der Waals surface area contributed by atoms with Gasteiger partial charge in [-0.1, -0.05) is 41.4 Å². The number of para-hydroxylation sites is 1. The highest BCUT2D eigenvalue weighted by Crippen LogP contribution is 2.22. The van der Waals surface area contributed by atoms with Crippen molar-refractivity contribution in [3.8, 4) is 5.75 Å². The van der Waals surface area contributed by atoms with Crippen LogP contribution in [0.1, 0.15) is 11.1 Å². The number of benzene rings is 2. The lowest BCUT2D eigenvalue weighted by Gasteiger charge is -2.06. The molecule has 0 radical (unpaired) electrons. The predicted molar refractivity (Wildman–Crippen MR) is 83.7 cm³/mol. The van der Waals surface area contributed by atoms with Gasteiger partial charge in [0, 0.05) is 0 Å². The molecule has 0 heterocycles. The molecule has 0 unspecified atom stereocenters. The van der Waals surface area contributed by atoms with Crippen LogP contribution in [0.4, 0.5) is 0 Å². The zero-order valence-electron chi connectivity index (χ0n) is 11.6. The van der Waals surface area contributed by atoms with Gasteiger partial charge in [-0.3, -0.25) is 0 Å². The maximum atomic E-state index is 12.2. The van der Waals surface area contributed by atoms with Crippen LogP contribution in [0.2, 0.25) is 0 Å². The van der Waals surface area contributed by atoms with Crippen LogP contribution in [0.25, 0.3) is 0 Å². The van der Waals surface area contributed by atoms with Gasteiger partial charge in [-0.25, -0.2) is 0 Å². The summed E-state index contributed by atoms with van der Waals surface area (Å²) in [5.41, 5.74) is 1.39. The number of methoxy groups -OCH3 is 1. The van der Waals surface area contributed by atoms with Gasteiger partial charge in [0.15, 0.2) is 5.17 Å². The third-order valence-electron chi connectivity index (χ3n) is 2.85. The van der Waals surface area contributed by atoms with Crippen molar-refractivity contribution in [1.29, 1.82) is 0 Å². The Kier molecular flexibility index (Phi) is 4.65. The molecule has 0 aliphatic heterocycles. The van der Waals surface area contributed by atoms with Crippen LogP contribution < -0.4 is 4.74 Å². The first-order valence-electron chi connectivity index (χ1n) is 6.14. The van der Waals surface area contributed by atoms with Crippen LogP contribution in [0.15, 0.2) is 57.8 Å². The largest absolute Gasteiger partial charge is 0.496 e. The Morgan fingerprint density at radius 1 is 1.10 bits per heavy atom. The smallest absolute Gasteiger partial charge is 0.283 e. The Balaban J connectivity index is 2.44. The van der Waals surface area contributed by atoms with Gasteiger partial charge in [0.05, 0.1) is 17.6 Å². The topological polar surface area (TPSA) is 55.7 Å². The molecule has 2 aromatic carbocycles. The molecule has 110 valence electrons. The average Bonchev–Trinajstić information content (AvgIpc) is 2.47. The Bertz CT molecular complexity index is 768. The number of ether oxygens (including phenoxy) is 1. The predicted octanol–water partition coefficient (Wildman–Crippen LogP) is 3.38. The molecule has 0 fully saturated rings. The molecule has 4 nitrogen and oxygen atoms in total. The summed E-state index contributed by atoms with van der Waals surface area (Å²) in [7, 11) is -2.37. The van der Waals surface area contributed by atoms with E-state index in [0.717, 1.165) is 5.56 Å². The van der Waals surface area contributed by atoms with Crippen molar-refractivity contribution in [2.75, 3.05) is 7.11 Å². The van der Waals surface area contributed by atoms with Crippen LogP contribution in [-0.4, -0.2) is 20.7 Å². The molecular formula is C15H14ClNO3S. The minimum absolute atomic E-state index is 0.0983. The van der Waals surface area contributed by atoms with E-state index in [4.69, 9.17) is 16.3 Å². The number of aryl methyl sites for hydroxylation is 1. The zero-order chi connectivity index (χ0) is 15.5. The van der Waals surface area contributed by atoms with Crippen molar-refractivity contribution in [3.05, 3.63) is 59.7 Å². The fourth-order valence-electron chi connectivity index (χ4n) is 1.73. The molecule has 0 aliphatic carbocycles. The lowest BCUT2D eigenvalue weighted by Crippen LogP contribution is -2.03. The first kappa shape index (κ1) is 15.5. The monoisotopic (exact) mass is 323 g/mol. The fourth-order valence-corrected chi connectivity index (χ4v) is 3.06. The quantitative estimate of drug-likeness (QED) is 0.810. The molecule has 6 heteroatoms. The number of halogens is 1. The second-order valence-corrected chi connectivity index (χ2v) is 6.33. The highest BCUT2D eigenvalue weighted by molar-refractivity contribution is 7.90. The van der Waals surface area contributed by atoms with E-state index in [0.29, 0.717) is 11.3 Å². The molecule has 0 aromatic heterocycles. The molecule has 0 amide bonds. The maximum Gasteiger partial charge on any atom is 0.283 e.